The first kappa shape index (κ1) is 14.3. The first-order valence-electron chi connectivity index (χ1n) is 7.53. The number of hydrogen-bond acceptors (Lipinski definition) is 4. The van der Waals surface area contributed by atoms with Gasteiger partial charge < -0.3 is 10.1 Å². The Morgan fingerprint density at radius 1 is 1.48 bits per heavy atom. The Morgan fingerprint density at radius 3 is 3.10 bits per heavy atom. The van der Waals surface area contributed by atoms with Crippen molar-refractivity contribution in [1.82, 2.24) is 25.3 Å². The van der Waals surface area contributed by atoms with Crippen LogP contribution in [0.3, 0.4) is 0 Å². The molecule has 1 aliphatic heterocycles. The van der Waals surface area contributed by atoms with E-state index in [1.54, 1.807) is 0 Å². The molecule has 1 saturated heterocycles. The van der Waals surface area contributed by atoms with Crippen molar-refractivity contribution in [1.29, 1.82) is 0 Å². The van der Waals surface area contributed by atoms with E-state index in [1.807, 2.05) is 24.1 Å². The van der Waals surface area contributed by atoms with Gasteiger partial charge in [0, 0.05) is 44.4 Å². The average Bonchev–Trinajstić information content (AvgIpc) is 3.09. The monoisotopic (exact) mass is 289 g/mol. The van der Waals surface area contributed by atoms with Crippen molar-refractivity contribution in [3.63, 3.8) is 0 Å². The fourth-order valence-corrected chi connectivity index (χ4v) is 2.94. The zero-order valence-electron chi connectivity index (χ0n) is 12.7. The van der Waals surface area contributed by atoms with Crippen molar-refractivity contribution in [2.75, 3.05) is 13.2 Å². The Bertz CT molecular complexity index is 576. The second-order valence-electron chi connectivity index (χ2n) is 5.80. The van der Waals surface area contributed by atoms with Crippen LogP contribution in [0.5, 0.6) is 0 Å². The van der Waals surface area contributed by atoms with E-state index in [0.717, 1.165) is 31.8 Å². The molecular weight excluding hydrogens is 266 g/mol. The fourth-order valence-electron chi connectivity index (χ4n) is 2.94. The third-order valence-corrected chi connectivity index (χ3v) is 4.14. The average molecular weight is 289 g/mol. The Balaban J connectivity index is 1.58. The Hall–Kier alpha value is -1.66. The van der Waals surface area contributed by atoms with Crippen molar-refractivity contribution in [3.8, 4) is 0 Å². The van der Waals surface area contributed by atoms with E-state index in [2.05, 4.69) is 33.7 Å². The number of aromatic amines is 1. The van der Waals surface area contributed by atoms with Gasteiger partial charge in [0.15, 0.2) is 0 Å². The molecule has 0 aliphatic carbocycles. The highest BCUT2D eigenvalue weighted by atomic mass is 16.5. The first-order valence-corrected chi connectivity index (χ1v) is 7.53. The lowest BCUT2D eigenvalue weighted by atomic mass is 9.91. The van der Waals surface area contributed by atoms with Crippen molar-refractivity contribution in [2.45, 2.75) is 32.4 Å². The molecule has 0 bridgehead atoms. The standard InChI is InChI=1S/C15H23N5O/c1-11-6-17-19-14(11)9-16-7-12-4-3-5-21-15(12)13-8-18-20(2)10-13/h6,8,10,12,15-16H,3-5,7,9H2,1-2H3,(H,17,19)/t12-,15+/m0/s1. The van der Waals surface area contributed by atoms with Crippen molar-refractivity contribution < 1.29 is 4.74 Å². The zero-order chi connectivity index (χ0) is 14.7. The number of nitrogens with zero attached hydrogens (tertiary/aromatic N) is 3. The largest absolute Gasteiger partial charge is 0.373 e. The minimum atomic E-state index is 0.155. The van der Waals surface area contributed by atoms with Crippen LogP contribution in [0.4, 0.5) is 0 Å². The summed E-state index contributed by atoms with van der Waals surface area (Å²) in [6.07, 6.45) is 8.31. The molecule has 3 heterocycles. The van der Waals surface area contributed by atoms with E-state index in [9.17, 15) is 0 Å². The molecule has 114 valence electrons. The van der Waals surface area contributed by atoms with Gasteiger partial charge in [-0.25, -0.2) is 0 Å². The predicted octanol–water partition coefficient (Wildman–Crippen LogP) is 1.71. The Labute approximate surface area is 124 Å². The topological polar surface area (TPSA) is 67.8 Å². The number of hydrogen-bond donors (Lipinski definition) is 2. The molecule has 2 aromatic rings. The molecule has 6 nitrogen and oxygen atoms in total. The normalized spacial score (nSPS) is 22.6. The summed E-state index contributed by atoms with van der Waals surface area (Å²) in [6.45, 7) is 4.68. The molecule has 2 N–H and O–H groups in total. The van der Waals surface area contributed by atoms with Crippen LogP contribution < -0.4 is 5.32 Å². The van der Waals surface area contributed by atoms with E-state index >= 15 is 0 Å². The number of aromatic nitrogens is 4. The number of ether oxygens (including phenoxy) is 1. The lowest BCUT2D eigenvalue weighted by molar-refractivity contribution is -0.0279. The summed E-state index contributed by atoms with van der Waals surface area (Å²) in [7, 11) is 1.95. The third kappa shape index (κ3) is 3.33. The van der Waals surface area contributed by atoms with E-state index in [4.69, 9.17) is 4.74 Å². The Kier molecular flexibility index (Phi) is 4.36. The smallest absolute Gasteiger partial charge is 0.0895 e. The number of aryl methyl sites for hydroxylation is 2. The summed E-state index contributed by atoms with van der Waals surface area (Å²) in [6, 6.07) is 0. The highest BCUT2D eigenvalue weighted by Crippen LogP contribution is 2.32. The van der Waals surface area contributed by atoms with Gasteiger partial charge in [-0.05, 0) is 25.3 Å². The fraction of sp³-hybridized carbons (Fsp3) is 0.600. The number of H-pyrrole nitrogens is 1. The van der Waals surface area contributed by atoms with E-state index in [1.165, 1.54) is 17.5 Å². The summed E-state index contributed by atoms with van der Waals surface area (Å²) in [4.78, 5) is 0. The summed E-state index contributed by atoms with van der Waals surface area (Å²) in [5.74, 6) is 0.492. The van der Waals surface area contributed by atoms with Gasteiger partial charge in [0.2, 0.25) is 0 Å². The molecule has 0 unspecified atom stereocenters. The molecule has 1 aliphatic rings. The van der Waals surface area contributed by atoms with Crippen LogP contribution in [0, 0.1) is 12.8 Å². The summed E-state index contributed by atoms with van der Waals surface area (Å²) >= 11 is 0. The molecule has 6 heteroatoms. The third-order valence-electron chi connectivity index (χ3n) is 4.14. The molecule has 3 rings (SSSR count). The molecule has 2 atom stereocenters. The van der Waals surface area contributed by atoms with Crippen molar-refractivity contribution in [3.05, 3.63) is 35.4 Å². The van der Waals surface area contributed by atoms with E-state index in [-0.39, 0.29) is 6.10 Å². The van der Waals surface area contributed by atoms with Crippen LogP contribution in [0.15, 0.2) is 18.6 Å². The van der Waals surface area contributed by atoms with Crippen LogP contribution >= 0.6 is 0 Å². The summed E-state index contributed by atoms with van der Waals surface area (Å²) in [5.41, 5.74) is 3.54. The molecule has 1 fully saturated rings. The lowest BCUT2D eigenvalue weighted by Crippen LogP contribution is -2.31. The Morgan fingerprint density at radius 2 is 2.38 bits per heavy atom. The second kappa shape index (κ2) is 6.41. The van der Waals surface area contributed by atoms with Crippen LogP contribution in [-0.2, 0) is 18.3 Å². The molecule has 0 amide bonds. The number of nitrogens with one attached hydrogen (secondary N) is 2. The SMILES string of the molecule is Cc1cn[nH]c1CNC[C@@H]1CCCO[C@H]1c1cnn(C)c1. The van der Waals surface area contributed by atoms with Crippen molar-refractivity contribution >= 4 is 0 Å². The van der Waals surface area contributed by atoms with Gasteiger partial charge in [-0.1, -0.05) is 0 Å². The molecular formula is C15H23N5O. The highest BCUT2D eigenvalue weighted by Gasteiger charge is 2.28. The lowest BCUT2D eigenvalue weighted by Gasteiger charge is -2.31. The summed E-state index contributed by atoms with van der Waals surface area (Å²) < 4.78 is 7.83. The maximum atomic E-state index is 5.99. The van der Waals surface area contributed by atoms with Gasteiger partial charge in [-0.15, -0.1) is 0 Å². The van der Waals surface area contributed by atoms with Crippen LogP contribution in [0.2, 0.25) is 0 Å². The number of rotatable bonds is 5. The van der Waals surface area contributed by atoms with Gasteiger partial charge in [-0.3, -0.25) is 9.78 Å². The van der Waals surface area contributed by atoms with Crippen LogP contribution in [-0.4, -0.2) is 33.1 Å². The quantitative estimate of drug-likeness (QED) is 0.879. The van der Waals surface area contributed by atoms with Gasteiger partial charge in [0.1, 0.15) is 0 Å². The first-order chi connectivity index (χ1) is 10.2. The van der Waals surface area contributed by atoms with Gasteiger partial charge in [0.25, 0.3) is 0 Å². The second-order valence-corrected chi connectivity index (χ2v) is 5.80. The van der Waals surface area contributed by atoms with Crippen LogP contribution in [0.1, 0.15) is 35.8 Å². The van der Waals surface area contributed by atoms with Gasteiger partial charge >= 0.3 is 0 Å². The zero-order valence-corrected chi connectivity index (χ0v) is 12.7. The van der Waals surface area contributed by atoms with Gasteiger partial charge in [-0.2, -0.15) is 10.2 Å². The molecule has 0 radical (unpaired) electrons. The summed E-state index contributed by atoms with van der Waals surface area (Å²) in [5, 5.41) is 14.9. The molecule has 21 heavy (non-hydrogen) atoms. The minimum absolute atomic E-state index is 0.155. The van der Waals surface area contributed by atoms with Gasteiger partial charge in [0.05, 0.1) is 24.2 Å². The maximum absolute atomic E-state index is 5.99. The van der Waals surface area contributed by atoms with Crippen molar-refractivity contribution in [2.24, 2.45) is 13.0 Å². The molecule has 0 aromatic carbocycles. The van der Waals surface area contributed by atoms with E-state index < -0.39 is 0 Å². The maximum Gasteiger partial charge on any atom is 0.0895 e. The minimum Gasteiger partial charge on any atom is -0.373 e. The molecule has 0 saturated carbocycles. The van der Waals surface area contributed by atoms with E-state index in [0.29, 0.717) is 5.92 Å². The molecule has 0 spiro atoms. The predicted molar refractivity (Wildman–Crippen MR) is 79.7 cm³/mol. The molecule has 2 aromatic heterocycles. The van der Waals surface area contributed by atoms with Crippen LogP contribution in [0.25, 0.3) is 0 Å². The highest BCUT2D eigenvalue weighted by molar-refractivity contribution is 5.13.